The largest absolute Gasteiger partial charge is 0.508 e. The zero-order valence-corrected chi connectivity index (χ0v) is 52.8. The summed E-state index contributed by atoms with van der Waals surface area (Å²) < 4.78 is 0. The molecule has 1 unspecified atom stereocenters. The van der Waals surface area contributed by atoms with Crippen LogP contribution in [-0.4, -0.2) is 141 Å². The van der Waals surface area contributed by atoms with E-state index in [1.54, 1.807) is 103 Å². The molecule has 0 fully saturated rings. The topological polar surface area (TPSA) is 490 Å². The van der Waals surface area contributed by atoms with Gasteiger partial charge in [-0.25, -0.2) is 0 Å². The van der Waals surface area contributed by atoms with Crippen molar-refractivity contribution in [2.75, 3.05) is 13.2 Å². The summed E-state index contributed by atoms with van der Waals surface area (Å²) in [7, 11) is 0. The van der Waals surface area contributed by atoms with Gasteiger partial charge in [-0.05, 0) is 84.9 Å². The lowest BCUT2D eigenvalue weighted by molar-refractivity contribution is -0.136. The number of ketones is 4. The van der Waals surface area contributed by atoms with E-state index in [-0.39, 0.29) is 75.5 Å². The molecule has 0 aliphatic rings. The summed E-state index contributed by atoms with van der Waals surface area (Å²) in [6.45, 7) is 2.79. The SMILES string of the molecule is CC(C)C[C@H](NC(=O)CCC(=O)[C@H](Cc1ccccc1)NC(=O)[C@H](CO)CC(=O)[C@H](CC(N)=O)NC(=O)[C@@H](CC(=O)[C@H](CC(N)=O)NC(=O)[C@@H](N)Cc1ccc(O)cc1)Cc1c[nH]c2ccccc12)C(=O)C[C@@H](CCCN=C(N)N)C(=O)NC(Cc1ccccc1)C(N)=O. The number of para-hydroxylation sites is 1. The highest BCUT2D eigenvalue weighted by Gasteiger charge is 2.36. The predicted molar refractivity (Wildman–Crippen MR) is 349 cm³/mol. The van der Waals surface area contributed by atoms with E-state index in [1.807, 2.05) is 13.8 Å². The summed E-state index contributed by atoms with van der Waals surface area (Å²) in [5.74, 6) is -14.2. The molecule has 0 spiro atoms. The van der Waals surface area contributed by atoms with Gasteiger partial charge in [0.25, 0.3) is 0 Å². The minimum absolute atomic E-state index is 0.0203. The molecule has 504 valence electrons. The van der Waals surface area contributed by atoms with Crippen molar-refractivity contribution in [2.24, 2.45) is 63.1 Å². The number of phenols is 1. The Morgan fingerprint density at radius 2 is 0.989 bits per heavy atom. The Labute approximate surface area is 544 Å². The normalized spacial score (nSPS) is 14.1. The monoisotopic (exact) mass is 1300 g/mol. The molecule has 8 amide bonds. The van der Waals surface area contributed by atoms with Gasteiger partial charge in [-0.3, -0.25) is 62.5 Å². The molecule has 1 heterocycles. The van der Waals surface area contributed by atoms with Gasteiger partial charge in [0.1, 0.15) is 11.8 Å². The van der Waals surface area contributed by atoms with Crippen LogP contribution in [0.3, 0.4) is 0 Å². The van der Waals surface area contributed by atoms with E-state index in [1.165, 1.54) is 12.1 Å². The summed E-state index contributed by atoms with van der Waals surface area (Å²) in [6, 6.07) is 22.1. The van der Waals surface area contributed by atoms with Gasteiger partial charge in [-0.1, -0.05) is 105 Å². The van der Waals surface area contributed by atoms with Crippen LogP contribution in [0.2, 0.25) is 0 Å². The van der Waals surface area contributed by atoms with Crippen LogP contribution in [0.1, 0.15) is 100 Å². The zero-order valence-electron chi connectivity index (χ0n) is 52.8. The second-order valence-corrected chi connectivity index (χ2v) is 23.9. The molecule has 0 radical (unpaired) electrons. The Morgan fingerprint density at radius 1 is 0.500 bits per heavy atom. The molecular formula is C67H87N13O14. The Morgan fingerprint density at radius 3 is 1.55 bits per heavy atom. The molecule has 5 rings (SSSR count). The Balaban J connectivity index is 1.30. The average molecular weight is 1300 g/mol. The highest BCUT2D eigenvalue weighted by molar-refractivity contribution is 6.00. The Hall–Kier alpha value is -10.2. The molecular weight excluding hydrogens is 1210 g/mol. The molecule has 0 saturated carbocycles. The highest BCUT2D eigenvalue weighted by atomic mass is 16.3. The molecule has 5 aromatic rings. The zero-order chi connectivity index (χ0) is 69.0. The standard InChI is InChI=1S/C67H87N13O14/c1-38(2)26-50(56(84)31-42(16-11-25-74-67(72)73)63(91)80-54(62(71)90)29-40-14-7-4-8-15-40)76-61(89)24-23-55(83)51(28-39-12-5-3-6-13-39)77-65(93)45(37-81)33-58(86)52(34-59(69)87)78-64(92)43(30-44-36-75-49-18-10-9-17-47(44)49)32-57(85)53(35-60(70)88)79-66(94)48(68)27-41-19-21-46(82)22-20-41/h3-10,12-15,17-22,36,38,42-43,45,48,50-54,75,81-82H,11,16,23-35,37,68H2,1-2H3,(H2,69,87)(H2,70,88)(H2,71,90)(H,76,89)(H,77,93)(H,78,92)(H,79,94)(H,80,91)(H4,72,73,74)/t42-,43-,45+,48+,50+,51+,52+,53+,54?/m1/s1. The number of hydrogen-bond acceptors (Lipinski definition) is 16. The lowest BCUT2D eigenvalue weighted by Crippen LogP contribution is -2.52. The van der Waals surface area contributed by atoms with Crippen molar-refractivity contribution in [3.8, 4) is 5.75 Å². The van der Waals surface area contributed by atoms with Crippen molar-refractivity contribution in [2.45, 2.75) is 140 Å². The minimum atomic E-state index is -1.74. The van der Waals surface area contributed by atoms with Crippen molar-refractivity contribution in [3.63, 3.8) is 0 Å². The number of Topliss-reactive ketones (excluding diaryl/α,β-unsaturated/α-hetero) is 4. The van der Waals surface area contributed by atoms with Crippen molar-refractivity contribution in [1.29, 1.82) is 0 Å². The molecule has 0 aliphatic carbocycles. The van der Waals surface area contributed by atoms with E-state index in [4.69, 9.17) is 34.4 Å². The van der Waals surface area contributed by atoms with Gasteiger partial charge in [0.2, 0.25) is 47.3 Å². The number of benzene rings is 4. The van der Waals surface area contributed by atoms with Crippen molar-refractivity contribution >= 4 is 87.3 Å². The van der Waals surface area contributed by atoms with E-state index in [0.29, 0.717) is 27.6 Å². The first kappa shape index (κ1) is 74.6. The number of aromatic hydroxyl groups is 1. The maximum atomic E-state index is 14.6. The number of hydrogen-bond donors (Lipinski definition) is 14. The van der Waals surface area contributed by atoms with Crippen LogP contribution in [0, 0.1) is 23.7 Å². The third-order valence-corrected chi connectivity index (χ3v) is 15.7. The molecule has 0 saturated heterocycles. The number of H-pyrrole nitrogens is 1. The molecule has 4 aromatic carbocycles. The number of phenolic OH excluding ortho intramolecular Hbond substituents is 1. The molecule has 94 heavy (non-hydrogen) atoms. The van der Waals surface area contributed by atoms with Gasteiger partial charge in [0.15, 0.2) is 29.1 Å². The number of rotatable bonds is 42. The van der Waals surface area contributed by atoms with Crippen LogP contribution >= 0.6 is 0 Å². The summed E-state index contributed by atoms with van der Waals surface area (Å²) in [5, 5.41) is 34.0. The number of nitrogens with two attached hydrogens (primary N) is 6. The number of amides is 8. The van der Waals surface area contributed by atoms with E-state index < -0.39 is 170 Å². The van der Waals surface area contributed by atoms with Gasteiger partial charge in [-0.2, -0.15) is 0 Å². The third-order valence-electron chi connectivity index (χ3n) is 15.7. The number of fused-ring (bicyclic) bond motifs is 1. The van der Waals surface area contributed by atoms with Crippen LogP contribution in [0.25, 0.3) is 10.9 Å². The smallest absolute Gasteiger partial charge is 0.240 e. The number of aromatic amines is 1. The Kier molecular flexibility index (Phi) is 29.7. The number of carbonyl (C=O) groups excluding carboxylic acids is 12. The molecule has 27 nitrogen and oxygen atoms in total. The average Bonchev–Trinajstić information content (AvgIpc) is 1.48. The van der Waals surface area contributed by atoms with E-state index in [9.17, 15) is 67.7 Å². The molecule has 20 N–H and O–H groups in total. The number of aliphatic hydroxyl groups is 1. The minimum Gasteiger partial charge on any atom is -0.508 e. The van der Waals surface area contributed by atoms with E-state index in [0.717, 1.165) is 5.56 Å². The van der Waals surface area contributed by atoms with Crippen molar-refractivity contribution in [3.05, 3.63) is 138 Å². The Bertz CT molecular complexity index is 3470. The summed E-state index contributed by atoms with van der Waals surface area (Å²) in [6.07, 6.45) is -2.37. The first-order chi connectivity index (χ1) is 44.7. The van der Waals surface area contributed by atoms with Crippen LogP contribution in [-0.2, 0) is 83.2 Å². The van der Waals surface area contributed by atoms with Crippen LogP contribution in [0.15, 0.2) is 120 Å². The maximum Gasteiger partial charge on any atom is 0.240 e. The second-order valence-electron chi connectivity index (χ2n) is 23.9. The fourth-order valence-electron chi connectivity index (χ4n) is 10.7. The lowest BCUT2D eigenvalue weighted by Gasteiger charge is -2.25. The van der Waals surface area contributed by atoms with Gasteiger partial charge >= 0.3 is 0 Å². The molecule has 0 bridgehead atoms. The summed E-state index contributed by atoms with van der Waals surface area (Å²) in [5.41, 5.74) is 37.1. The first-order valence-corrected chi connectivity index (χ1v) is 31.0. The van der Waals surface area contributed by atoms with Gasteiger partial charge < -0.3 is 76.2 Å². The second kappa shape index (κ2) is 37.4. The third kappa shape index (κ3) is 25.2. The van der Waals surface area contributed by atoms with Crippen LogP contribution < -0.4 is 61.0 Å². The molecule has 27 heteroatoms. The summed E-state index contributed by atoms with van der Waals surface area (Å²) >= 11 is 0. The maximum absolute atomic E-state index is 14.6. The van der Waals surface area contributed by atoms with Crippen LogP contribution in [0.4, 0.5) is 0 Å². The number of nitrogens with zero attached hydrogens (tertiary/aromatic N) is 1. The number of primary amides is 3. The van der Waals surface area contributed by atoms with Crippen molar-refractivity contribution in [1.82, 2.24) is 31.6 Å². The van der Waals surface area contributed by atoms with Gasteiger partial charge in [-0.15, -0.1) is 0 Å². The number of nitrogens with one attached hydrogen (secondary N) is 6. The predicted octanol–water partition coefficient (Wildman–Crippen LogP) is 0.299. The van der Waals surface area contributed by atoms with E-state index in [2.05, 4.69) is 36.6 Å². The van der Waals surface area contributed by atoms with Gasteiger partial charge in [0, 0.05) is 74.0 Å². The number of aromatic nitrogens is 1. The number of aliphatic hydroxyl groups excluding tert-OH is 1. The summed E-state index contributed by atoms with van der Waals surface area (Å²) in [4.78, 5) is 171. The number of guanidine groups is 1. The van der Waals surface area contributed by atoms with Crippen molar-refractivity contribution < 1.29 is 67.7 Å². The molecule has 0 aliphatic heterocycles. The van der Waals surface area contributed by atoms with Gasteiger partial charge in [0.05, 0.1) is 55.6 Å². The first-order valence-electron chi connectivity index (χ1n) is 31.0. The fraction of sp³-hybridized carbons (Fsp3) is 0.418. The quantitative estimate of drug-likeness (QED) is 0.0142. The number of carbonyl (C=O) groups is 12. The lowest BCUT2D eigenvalue weighted by atomic mass is 9.89. The van der Waals surface area contributed by atoms with Crippen LogP contribution in [0.5, 0.6) is 5.75 Å². The molecule has 1 aromatic heterocycles. The highest BCUT2D eigenvalue weighted by Crippen LogP contribution is 2.25. The van der Waals surface area contributed by atoms with E-state index >= 15 is 0 Å². The fourth-order valence-corrected chi connectivity index (χ4v) is 10.7. The number of aliphatic imine (C=N–C) groups is 1. The molecule has 9 atom stereocenters.